The number of nitrogens with zero attached hydrogens (tertiary/aromatic N) is 4. The van der Waals surface area contributed by atoms with E-state index in [4.69, 9.17) is 10.8 Å². The molecule has 0 radical (unpaired) electrons. The van der Waals surface area contributed by atoms with Crippen molar-refractivity contribution in [2.24, 2.45) is 5.11 Å². The first-order chi connectivity index (χ1) is 7.77. The molecular weight excluding hydrogens is 200 g/mol. The first-order valence-corrected chi connectivity index (χ1v) is 4.96. The van der Waals surface area contributed by atoms with Crippen LogP contribution >= 0.6 is 0 Å². The zero-order valence-electron chi connectivity index (χ0n) is 9.09. The molecule has 0 N–H and O–H groups in total. The average Bonchev–Trinajstić information content (AvgIpc) is 2.31. The van der Waals surface area contributed by atoms with E-state index in [-0.39, 0.29) is 0 Å². The highest BCUT2D eigenvalue weighted by Gasteiger charge is 1.95. The Labute approximate surface area is 94.5 Å². The van der Waals surface area contributed by atoms with Crippen LogP contribution in [0.25, 0.3) is 16.5 Å². The zero-order valence-corrected chi connectivity index (χ0v) is 9.09. The van der Waals surface area contributed by atoms with Gasteiger partial charge in [0.25, 0.3) is 0 Å². The maximum Gasteiger partial charge on any atom is 0.0991 e. The van der Waals surface area contributed by atoms with E-state index in [1.54, 1.807) is 6.07 Å². The van der Waals surface area contributed by atoms with E-state index in [9.17, 15) is 0 Å². The van der Waals surface area contributed by atoms with Crippen LogP contribution in [0.2, 0.25) is 0 Å². The second kappa shape index (κ2) is 6.28. The van der Waals surface area contributed by atoms with Crippen LogP contribution in [0, 0.1) is 18.3 Å². The van der Waals surface area contributed by atoms with Gasteiger partial charge in [0.1, 0.15) is 0 Å². The lowest BCUT2D eigenvalue weighted by atomic mass is 10.0. The van der Waals surface area contributed by atoms with Crippen molar-refractivity contribution in [2.45, 2.75) is 13.3 Å². The van der Waals surface area contributed by atoms with Crippen LogP contribution in [0.15, 0.2) is 29.4 Å². The molecule has 0 aromatic heterocycles. The number of aryl methyl sites for hydroxylation is 1. The van der Waals surface area contributed by atoms with E-state index in [1.807, 2.05) is 31.2 Å². The van der Waals surface area contributed by atoms with Crippen molar-refractivity contribution < 1.29 is 0 Å². The van der Waals surface area contributed by atoms with Crippen LogP contribution in [0.5, 0.6) is 0 Å². The van der Waals surface area contributed by atoms with Crippen molar-refractivity contribution >= 4 is 6.08 Å². The molecule has 0 aliphatic rings. The SMILES string of the molecule is Cc1ccc(C#N)cc1C=CCCN=[N+]=[N-]. The monoisotopic (exact) mass is 212 g/mol. The maximum atomic E-state index is 8.77. The normalized spacial score (nSPS) is 9.75. The number of azide groups is 1. The lowest BCUT2D eigenvalue weighted by Gasteiger charge is -1.99. The third-order valence-corrected chi connectivity index (χ3v) is 2.16. The van der Waals surface area contributed by atoms with Gasteiger partial charge < -0.3 is 0 Å². The molecule has 0 saturated carbocycles. The van der Waals surface area contributed by atoms with Crippen LogP contribution < -0.4 is 0 Å². The summed E-state index contributed by atoms with van der Waals surface area (Å²) in [6.45, 7) is 2.46. The van der Waals surface area contributed by atoms with Gasteiger partial charge in [0, 0.05) is 11.5 Å². The highest BCUT2D eigenvalue weighted by molar-refractivity contribution is 5.56. The first kappa shape index (κ1) is 11.8. The Kier molecular flexibility index (Phi) is 4.65. The Morgan fingerprint density at radius 1 is 1.56 bits per heavy atom. The summed E-state index contributed by atoms with van der Waals surface area (Å²) in [5.41, 5.74) is 10.9. The smallest absolute Gasteiger partial charge is 0.0991 e. The van der Waals surface area contributed by atoms with E-state index in [1.165, 1.54) is 0 Å². The van der Waals surface area contributed by atoms with E-state index in [0.717, 1.165) is 11.1 Å². The molecule has 0 bridgehead atoms. The minimum Gasteiger partial charge on any atom is -0.192 e. The Hall–Kier alpha value is -2.24. The average molecular weight is 212 g/mol. The van der Waals surface area contributed by atoms with E-state index >= 15 is 0 Å². The summed E-state index contributed by atoms with van der Waals surface area (Å²) in [5.74, 6) is 0. The standard InChI is InChI=1S/C12H12N4/c1-10-5-6-11(9-13)8-12(10)4-2-3-7-15-16-14/h2,4-6,8H,3,7H2,1H3. The zero-order chi connectivity index (χ0) is 11.8. The highest BCUT2D eigenvalue weighted by Crippen LogP contribution is 2.12. The van der Waals surface area contributed by atoms with Crippen LogP contribution in [-0.4, -0.2) is 6.54 Å². The molecule has 80 valence electrons. The van der Waals surface area contributed by atoms with Crippen LogP contribution in [0.4, 0.5) is 0 Å². The molecule has 0 unspecified atom stereocenters. The molecular formula is C12H12N4. The van der Waals surface area contributed by atoms with Crippen LogP contribution in [0.1, 0.15) is 23.1 Å². The van der Waals surface area contributed by atoms with Gasteiger partial charge in [0.05, 0.1) is 11.6 Å². The van der Waals surface area contributed by atoms with Crippen molar-refractivity contribution in [3.8, 4) is 6.07 Å². The van der Waals surface area contributed by atoms with Gasteiger partial charge in [-0.1, -0.05) is 23.3 Å². The molecule has 16 heavy (non-hydrogen) atoms. The van der Waals surface area contributed by atoms with Gasteiger partial charge in [-0.25, -0.2) is 0 Å². The van der Waals surface area contributed by atoms with Gasteiger partial charge in [-0.3, -0.25) is 0 Å². The molecule has 0 fully saturated rings. The summed E-state index contributed by atoms with van der Waals surface area (Å²) in [6.07, 6.45) is 4.60. The molecule has 1 aromatic rings. The molecule has 4 nitrogen and oxygen atoms in total. The molecule has 1 rings (SSSR count). The fraction of sp³-hybridized carbons (Fsp3) is 0.250. The number of hydrogen-bond acceptors (Lipinski definition) is 2. The van der Waals surface area contributed by atoms with Gasteiger partial charge in [-0.05, 0) is 42.1 Å². The third kappa shape index (κ3) is 3.49. The van der Waals surface area contributed by atoms with Crippen molar-refractivity contribution in [1.82, 2.24) is 0 Å². The summed E-state index contributed by atoms with van der Waals surface area (Å²) < 4.78 is 0. The van der Waals surface area contributed by atoms with Gasteiger partial charge in [0.2, 0.25) is 0 Å². The Bertz CT molecular complexity index is 476. The predicted octanol–water partition coefficient (Wildman–Crippen LogP) is 3.58. The summed E-state index contributed by atoms with van der Waals surface area (Å²) in [4.78, 5) is 2.67. The largest absolute Gasteiger partial charge is 0.192 e. The molecule has 1 aromatic carbocycles. The Balaban J connectivity index is 2.72. The molecule has 4 heteroatoms. The fourth-order valence-electron chi connectivity index (χ4n) is 1.28. The highest BCUT2D eigenvalue weighted by atomic mass is 15.1. The molecule has 0 spiro atoms. The fourth-order valence-corrected chi connectivity index (χ4v) is 1.28. The molecule has 0 atom stereocenters. The minimum atomic E-state index is 0.462. The number of rotatable bonds is 4. The van der Waals surface area contributed by atoms with Crippen LogP contribution in [0.3, 0.4) is 0 Å². The quantitative estimate of drug-likeness (QED) is 0.325. The number of nitriles is 1. The van der Waals surface area contributed by atoms with Crippen LogP contribution in [-0.2, 0) is 0 Å². The summed E-state index contributed by atoms with van der Waals surface area (Å²) in [5, 5.41) is 12.2. The first-order valence-electron chi connectivity index (χ1n) is 4.96. The third-order valence-electron chi connectivity index (χ3n) is 2.16. The van der Waals surface area contributed by atoms with Crippen molar-refractivity contribution in [1.29, 1.82) is 5.26 Å². The Morgan fingerprint density at radius 3 is 3.06 bits per heavy atom. The topological polar surface area (TPSA) is 72.5 Å². The summed E-state index contributed by atoms with van der Waals surface area (Å²) in [7, 11) is 0. The van der Waals surface area contributed by atoms with E-state index in [0.29, 0.717) is 18.5 Å². The Morgan fingerprint density at radius 2 is 2.38 bits per heavy atom. The lowest BCUT2D eigenvalue weighted by molar-refractivity contribution is 0.995. The van der Waals surface area contributed by atoms with Gasteiger partial charge in [-0.15, -0.1) is 0 Å². The van der Waals surface area contributed by atoms with Gasteiger partial charge in [0.15, 0.2) is 0 Å². The second-order valence-electron chi connectivity index (χ2n) is 3.33. The van der Waals surface area contributed by atoms with Crippen molar-refractivity contribution in [2.75, 3.05) is 6.54 Å². The molecule has 0 amide bonds. The predicted molar refractivity (Wildman–Crippen MR) is 63.6 cm³/mol. The minimum absolute atomic E-state index is 0.462. The molecule has 0 saturated heterocycles. The number of hydrogen-bond donors (Lipinski definition) is 0. The summed E-state index contributed by atoms with van der Waals surface area (Å²) in [6, 6.07) is 7.67. The lowest BCUT2D eigenvalue weighted by Crippen LogP contribution is -1.83. The number of benzene rings is 1. The molecule has 0 heterocycles. The van der Waals surface area contributed by atoms with Gasteiger partial charge in [-0.2, -0.15) is 5.26 Å². The van der Waals surface area contributed by atoms with E-state index < -0.39 is 0 Å². The van der Waals surface area contributed by atoms with Crippen molar-refractivity contribution in [3.63, 3.8) is 0 Å². The van der Waals surface area contributed by atoms with Gasteiger partial charge >= 0.3 is 0 Å². The molecule has 0 aliphatic carbocycles. The van der Waals surface area contributed by atoms with E-state index in [2.05, 4.69) is 16.1 Å². The second-order valence-corrected chi connectivity index (χ2v) is 3.33. The maximum absolute atomic E-state index is 8.77. The molecule has 0 aliphatic heterocycles. The summed E-state index contributed by atoms with van der Waals surface area (Å²) >= 11 is 0. The van der Waals surface area contributed by atoms with Crippen molar-refractivity contribution in [3.05, 3.63) is 51.4 Å².